The minimum atomic E-state index is -0.0575. The lowest BCUT2D eigenvalue weighted by molar-refractivity contribution is -0.0450. The van der Waals surface area contributed by atoms with Crippen LogP contribution >= 0.6 is 0 Å². The molecule has 1 N–H and O–H groups in total. The number of nitrogens with zero attached hydrogens (tertiary/aromatic N) is 3. The Labute approximate surface area is 114 Å². The van der Waals surface area contributed by atoms with Gasteiger partial charge in [0, 0.05) is 25.6 Å². The van der Waals surface area contributed by atoms with E-state index in [9.17, 15) is 0 Å². The molecule has 0 saturated carbocycles. The number of aryl methyl sites for hydroxylation is 1. The number of hydrogen-bond donors (Lipinski definition) is 1. The minimum absolute atomic E-state index is 0.0575. The second kappa shape index (κ2) is 6.98. The molecule has 0 bridgehead atoms. The first-order valence-electron chi connectivity index (χ1n) is 7.03. The number of hydrogen-bond acceptors (Lipinski definition) is 6. The first-order chi connectivity index (χ1) is 9.20. The van der Waals surface area contributed by atoms with Crippen molar-refractivity contribution in [3.63, 3.8) is 0 Å². The normalized spacial score (nSPS) is 21.2. The molecule has 1 saturated heterocycles. The molecular weight excluding hydrogens is 244 g/mol. The van der Waals surface area contributed by atoms with Crippen molar-refractivity contribution in [3.8, 4) is 0 Å². The van der Waals surface area contributed by atoms with E-state index < -0.39 is 0 Å². The Bertz CT molecular complexity index is 380. The third kappa shape index (κ3) is 3.99. The van der Waals surface area contributed by atoms with E-state index in [0.29, 0.717) is 17.8 Å². The zero-order valence-electron chi connectivity index (χ0n) is 12.1. The van der Waals surface area contributed by atoms with E-state index in [4.69, 9.17) is 9.26 Å². The summed E-state index contributed by atoms with van der Waals surface area (Å²) >= 11 is 0. The van der Waals surface area contributed by atoms with Gasteiger partial charge in [-0.3, -0.25) is 4.90 Å². The zero-order chi connectivity index (χ0) is 13.7. The molecule has 0 aliphatic carbocycles. The van der Waals surface area contributed by atoms with Crippen molar-refractivity contribution in [1.29, 1.82) is 0 Å². The summed E-state index contributed by atoms with van der Waals surface area (Å²) in [6.45, 7) is 7.89. The van der Waals surface area contributed by atoms with Gasteiger partial charge in [0.05, 0.1) is 6.61 Å². The highest BCUT2D eigenvalue weighted by Gasteiger charge is 2.27. The molecule has 108 valence electrons. The van der Waals surface area contributed by atoms with Crippen molar-refractivity contribution in [1.82, 2.24) is 20.4 Å². The average molecular weight is 268 g/mol. The van der Waals surface area contributed by atoms with Crippen molar-refractivity contribution in [3.05, 3.63) is 11.7 Å². The summed E-state index contributed by atoms with van der Waals surface area (Å²) in [6.07, 6.45) is 1.76. The maximum absolute atomic E-state index is 5.74. The van der Waals surface area contributed by atoms with Gasteiger partial charge in [-0.25, -0.2) is 0 Å². The molecule has 1 aliphatic rings. The number of nitrogens with one attached hydrogen (secondary N) is 1. The van der Waals surface area contributed by atoms with Gasteiger partial charge < -0.3 is 14.6 Å². The van der Waals surface area contributed by atoms with Crippen molar-refractivity contribution in [2.75, 3.05) is 33.3 Å². The van der Waals surface area contributed by atoms with Crippen LogP contribution in [0.3, 0.4) is 0 Å². The monoisotopic (exact) mass is 268 g/mol. The summed E-state index contributed by atoms with van der Waals surface area (Å²) in [6, 6.07) is 0.522. The van der Waals surface area contributed by atoms with E-state index in [1.165, 1.54) is 0 Å². The van der Waals surface area contributed by atoms with Crippen LogP contribution in [-0.4, -0.2) is 54.4 Å². The Hall–Kier alpha value is -0.980. The standard InChI is InChI=1S/C13H24N4O2/c1-10(2)17-7-8-18-11(9-17)13-15-12(19-16-13)5-4-6-14-3/h10-11,14H,4-9H2,1-3H3. The summed E-state index contributed by atoms with van der Waals surface area (Å²) in [5.41, 5.74) is 0. The third-order valence-electron chi connectivity index (χ3n) is 3.42. The van der Waals surface area contributed by atoms with Gasteiger partial charge in [-0.1, -0.05) is 5.16 Å². The molecule has 6 heteroatoms. The van der Waals surface area contributed by atoms with E-state index in [2.05, 4.69) is 34.2 Å². The highest BCUT2D eigenvalue weighted by Crippen LogP contribution is 2.21. The predicted molar refractivity (Wildman–Crippen MR) is 71.9 cm³/mol. The Morgan fingerprint density at radius 1 is 1.47 bits per heavy atom. The first-order valence-corrected chi connectivity index (χ1v) is 7.03. The summed E-state index contributed by atoms with van der Waals surface area (Å²) < 4.78 is 11.0. The van der Waals surface area contributed by atoms with Gasteiger partial charge in [-0.05, 0) is 33.9 Å². The van der Waals surface area contributed by atoms with Crippen LogP contribution in [0.4, 0.5) is 0 Å². The quantitative estimate of drug-likeness (QED) is 0.777. The maximum Gasteiger partial charge on any atom is 0.226 e. The van der Waals surface area contributed by atoms with Crippen LogP contribution in [0.5, 0.6) is 0 Å². The smallest absolute Gasteiger partial charge is 0.226 e. The van der Waals surface area contributed by atoms with Gasteiger partial charge in [0.25, 0.3) is 0 Å². The predicted octanol–water partition coefficient (Wildman–Crippen LogP) is 1.00. The average Bonchev–Trinajstić information content (AvgIpc) is 2.88. The molecule has 1 fully saturated rings. The SMILES string of the molecule is CNCCCc1nc(C2CN(C(C)C)CCO2)no1. The Morgan fingerprint density at radius 3 is 3.05 bits per heavy atom. The molecule has 1 unspecified atom stereocenters. The second-order valence-electron chi connectivity index (χ2n) is 5.20. The molecule has 6 nitrogen and oxygen atoms in total. The Kier molecular flexibility index (Phi) is 5.30. The molecule has 1 aliphatic heterocycles. The first kappa shape index (κ1) is 14.4. The molecule has 1 aromatic rings. The van der Waals surface area contributed by atoms with E-state index in [1.54, 1.807) is 0 Å². The number of morpholine rings is 1. The van der Waals surface area contributed by atoms with Gasteiger partial charge in [0.15, 0.2) is 0 Å². The highest BCUT2D eigenvalue weighted by atomic mass is 16.5. The Morgan fingerprint density at radius 2 is 2.32 bits per heavy atom. The largest absolute Gasteiger partial charge is 0.367 e. The van der Waals surface area contributed by atoms with E-state index in [-0.39, 0.29) is 6.10 Å². The zero-order valence-corrected chi connectivity index (χ0v) is 12.1. The van der Waals surface area contributed by atoms with Gasteiger partial charge in [-0.2, -0.15) is 4.98 Å². The topological polar surface area (TPSA) is 63.4 Å². The molecule has 0 aromatic carbocycles. The minimum Gasteiger partial charge on any atom is -0.367 e. The maximum atomic E-state index is 5.74. The lowest BCUT2D eigenvalue weighted by Crippen LogP contribution is -2.42. The summed E-state index contributed by atoms with van der Waals surface area (Å²) in [5, 5.41) is 7.16. The second-order valence-corrected chi connectivity index (χ2v) is 5.20. The van der Waals surface area contributed by atoms with E-state index in [1.807, 2.05) is 7.05 Å². The van der Waals surface area contributed by atoms with Crippen LogP contribution in [0.25, 0.3) is 0 Å². The molecule has 1 atom stereocenters. The fraction of sp³-hybridized carbons (Fsp3) is 0.846. The van der Waals surface area contributed by atoms with E-state index >= 15 is 0 Å². The van der Waals surface area contributed by atoms with Crippen molar-refractivity contribution >= 4 is 0 Å². The fourth-order valence-corrected chi connectivity index (χ4v) is 2.21. The van der Waals surface area contributed by atoms with Crippen LogP contribution in [0, 0.1) is 0 Å². The van der Waals surface area contributed by atoms with Crippen LogP contribution in [0.1, 0.15) is 38.1 Å². The molecule has 0 spiro atoms. The van der Waals surface area contributed by atoms with Gasteiger partial charge in [0.2, 0.25) is 11.7 Å². The number of aromatic nitrogens is 2. The summed E-state index contributed by atoms with van der Waals surface area (Å²) in [5.74, 6) is 1.39. The van der Waals surface area contributed by atoms with Crippen LogP contribution < -0.4 is 5.32 Å². The van der Waals surface area contributed by atoms with Crippen LogP contribution in [0.2, 0.25) is 0 Å². The molecule has 0 amide bonds. The molecule has 2 heterocycles. The molecule has 0 radical (unpaired) electrons. The fourth-order valence-electron chi connectivity index (χ4n) is 2.21. The summed E-state index contributed by atoms with van der Waals surface area (Å²) in [7, 11) is 1.94. The summed E-state index contributed by atoms with van der Waals surface area (Å²) in [4.78, 5) is 6.82. The van der Waals surface area contributed by atoms with Crippen molar-refractivity contribution in [2.24, 2.45) is 0 Å². The molecule has 19 heavy (non-hydrogen) atoms. The van der Waals surface area contributed by atoms with Crippen LogP contribution in [-0.2, 0) is 11.2 Å². The molecule has 2 rings (SSSR count). The van der Waals surface area contributed by atoms with Crippen molar-refractivity contribution < 1.29 is 9.26 Å². The van der Waals surface area contributed by atoms with Gasteiger partial charge in [0.1, 0.15) is 6.10 Å². The third-order valence-corrected chi connectivity index (χ3v) is 3.42. The van der Waals surface area contributed by atoms with Crippen molar-refractivity contribution in [2.45, 2.75) is 38.8 Å². The number of rotatable bonds is 6. The van der Waals surface area contributed by atoms with Gasteiger partial charge >= 0.3 is 0 Å². The van der Waals surface area contributed by atoms with Crippen LogP contribution in [0.15, 0.2) is 4.52 Å². The van der Waals surface area contributed by atoms with Gasteiger partial charge in [-0.15, -0.1) is 0 Å². The lowest BCUT2D eigenvalue weighted by atomic mass is 10.2. The lowest BCUT2D eigenvalue weighted by Gasteiger charge is -2.34. The highest BCUT2D eigenvalue weighted by molar-refractivity contribution is 4.94. The Balaban J connectivity index is 1.90. The van der Waals surface area contributed by atoms with E-state index in [0.717, 1.165) is 39.1 Å². The molecule has 1 aromatic heterocycles. The molecular formula is C13H24N4O2. The number of ether oxygens (including phenoxy) is 1.